The number of carboxylic acid groups (broad SMARTS) is 1. The zero-order chi connectivity index (χ0) is 14.8. The van der Waals surface area contributed by atoms with E-state index in [1.54, 1.807) is 0 Å². The molecule has 0 saturated carbocycles. The average molecular weight is 328 g/mol. The molecule has 0 amide bonds. The first-order valence-corrected chi connectivity index (χ1v) is 7.27. The maximum Gasteiger partial charge on any atom is 0.324 e. The Morgan fingerprint density at radius 3 is 2.32 bits per heavy atom. The summed E-state index contributed by atoms with van der Waals surface area (Å²) in [6, 6.07) is 1.89. The minimum absolute atomic E-state index is 0.0217. The van der Waals surface area contributed by atoms with Crippen molar-refractivity contribution in [1.29, 1.82) is 0 Å². The number of carbonyl (C=O) groups is 1. The van der Waals surface area contributed by atoms with E-state index in [1.165, 1.54) is 12.1 Å². The topological polar surface area (TPSA) is 104 Å². The van der Waals surface area contributed by atoms with Gasteiger partial charge in [-0.25, -0.2) is 8.42 Å². The summed E-state index contributed by atoms with van der Waals surface area (Å²) in [5.74, 6) is -1.49. The predicted molar refractivity (Wildman–Crippen MR) is 69.9 cm³/mol. The van der Waals surface area contributed by atoms with Crippen molar-refractivity contribution in [3.05, 3.63) is 28.2 Å². The highest BCUT2D eigenvalue weighted by Crippen LogP contribution is 2.24. The number of aliphatic hydroxyl groups is 1. The lowest BCUT2D eigenvalue weighted by atomic mass is 10.2. The number of halogens is 2. The van der Waals surface area contributed by atoms with Crippen molar-refractivity contribution >= 4 is 39.2 Å². The first kappa shape index (κ1) is 16.2. The molecule has 1 aromatic rings. The van der Waals surface area contributed by atoms with Crippen LogP contribution in [0.25, 0.3) is 0 Å². The van der Waals surface area contributed by atoms with Crippen LogP contribution in [-0.2, 0) is 14.8 Å². The van der Waals surface area contributed by atoms with E-state index in [4.69, 9.17) is 28.3 Å². The van der Waals surface area contributed by atoms with Crippen LogP contribution in [0.5, 0.6) is 0 Å². The third-order valence-electron chi connectivity index (χ3n) is 2.23. The first-order valence-electron chi connectivity index (χ1n) is 5.03. The maximum atomic E-state index is 11.9. The Morgan fingerprint density at radius 2 is 1.89 bits per heavy atom. The van der Waals surface area contributed by atoms with Gasteiger partial charge in [0, 0.05) is 0 Å². The molecule has 1 rings (SSSR count). The number of nitrogens with one attached hydrogen (secondary N) is 1. The molecule has 9 heteroatoms. The molecule has 0 saturated heterocycles. The van der Waals surface area contributed by atoms with Gasteiger partial charge in [0.1, 0.15) is 6.04 Å². The molecule has 106 valence electrons. The Hall–Kier alpha value is -0.860. The van der Waals surface area contributed by atoms with E-state index in [-0.39, 0.29) is 14.9 Å². The van der Waals surface area contributed by atoms with Crippen molar-refractivity contribution < 1.29 is 23.4 Å². The van der Waals surface area contributed by atoms with E-state index in [9.17, 15) is 18.3 Å². The normalized spacial score (nSPS) is 14.9. The molecule has 0 fully saturated rings. The van der Waals surface area contributed by atoms with Gasteiger partial charge < -0.3 is 10.2 Å². The average Bonchev–Trinajstić information content (AvgIpc) is 2.28. The van der Waals surface area contributed by atoms with Crippen LogP contribution in [0.4, 0.5) is 0 Å². The summed E-state index contributed by atoms with van der Waals surface area (Å²) in [7, 11) is -4.12. The Labute approximate surface area is 120 Å². The van der Waals surface area contributed by atoms with Gasteiger partial charge in [-0.1, -0.05) is 23.2 Å². The van der Waals surface area contributed by atoms with E-state index >= 15 is 0 Å². The fourth-order valence-corrected chi connectivity index (χ4v) is 2.89. The summed E-state index contributed by atoms with van der Waals surface area (Å²) in [5.41, 5.74) is 0. The summed E-state index contributed by atoms with van der Waals surface area (Å²) < 4.78 is 25.7. The second kappa shape index (κ2) is 6.06. The summed E-state index contributed by atoms with van der Waals surface area (Å²) in [5, 5.41) is 18.2. The van der Waals surface area contributed by atoms with Crippen LogP contribution in [0.15, 0.2) is 23.1 Å². The van der Waals surface area contributed by atoms with E-state index in [2.05, 4.69) is 0 Å². The molecule has 0 heterocycles. The molecule has 1 aromatic carbocycles. The predicted octanol–water partition coefficient (Wildman–Crippen LogP) is 1.11. The molecule has 0 radical (unpaired) electrons. The van der Waals surface area contributed by atoms with E-state index < -0.39 is 28.1 Å². The molecule has 0 aromatic heterocycles. The second-order valence-corrected chi connectivity index (χ2v) is 6.28. The van der Waals surface area contributed by atoms with Crippen molar-refractivity contribution in [3.63, 3.8) is 0 Å². The van der Waals surface area contributed by atoms with Crippen LogP contribution in [0.2, 0.25) is 10.0 Å². The van der Waals surface area contributed by atoms with Gasteiger partial charge in [-0.3, -0.25) is 4.79 Å². The van der Waals surface area contributed by atoms with Gasteiger partial charge in [0.25, 0.3) is 0 Å². The number of aliphatic carboxylic acids is 1. The molecule has 0 unspecified atom stereocenters. The van der Waals surface area contributed by atoms with Crippen LogP contribution >= 0.6 is 23.2 Å². The molecule has 0 bridgehead atoms. The zero-order valence-corrected chi connectivity index (χ0v) is 12.0. The highest BCUT2D eigenvalue weighted by molar-refractivity contribution is 7.89. The number of sulfonamides is 1. The van der Waals surface area contributed by atoms with Crippen molar-refractivity contribution in [2.75, 3.05) is 0 Å². The minimum atomic E-state index is -4.12. The molecule has 0 aliphatic rings. The largest absolute Gasteiger partial charge is 0.480 e. The lowest BCUT2D eigenvalue weighted by Gasteiger charge is -2.17. The second-order valence-electron chi connectivity index (χ2n) is 3.75. The highest BCUT2D eigenvalue weighted by atomic mass is 35.5. The summed E-state index contributed by atoms with van der Waals surface area (Å²) in [4.78, 5) is 10.6. The number of benzene rings is 1. The summed E-state index contributed by atoms with van der Waals surface area (Å²) in [6.07, 6.45) is -1.39. The van der Waals surface area contributed by atoms with Gasteiger partial charge in [0.15, 0.2) is 0 Å². The summed E-state index contributed by atoms with van der Waals surface area (Å²) >= 11 is 11.3. The third-order valence-corrected chi connectivity index (χ3v) is 4.41. The lowest BCUT2D eigenvalue weighted by Crippen LogP contribution is -2.47. The molecule has 0 spiro atoms. The van der Waals surface area contributed by atoms with Crippen LogP contribution in [0, 0.1) is 0 Å². The van der Waals surface area contributed by atoms with Gasteiger partial charge in [-0.2, -0.15) is 4.72 Å². The minimum Gasteiger partial charge on any atom is -0.480 e. The molecule has 0 aliphatic carbocycles. The van der Waals surface area contributed by atoms with Crippen LogP contribution in [0.1, 0.15) is 6.92 Å². The van der Waals surface area contributed by atoms with Gasteiger partial charge >= 0.3 is 5.97 Å². The van der Waals surface area contributed by atoms with Gasteiger partial charge in [-0.05, 0) is 25.1 Å². The van der Waals surface area contributed by atoms with Crippen LogP contribution in [-0.4, -0.2) is 36.7 Å². The fourth-order valence-electron chi connectivity index (χ4n) is 1.23. The lowest BCUT2D eigenvalue weighted by molar-refractivity contribution is -0.141. The van der Waals surface area contributed by atoms with Gasteiger partial charge in [0.05, 0.1) is 21.0 Å². The Bertz CT molecular complexity index is 588. The Morgan fingerprint density at radius 1 is 1.32 bits per heavy atom. The molecule has 2 atom stereocenters. The fraction of sp³-hybridized carbons (Fsp3) is 0.300. The number of carboxylic acids is 1. The van der Waals surface area contributed by atoms with Crippen molar-refractivity contribution in [2.24, 2.45) is 0 Å². The van der Waals surface area contributed by atoms with E-state index in [0.29, 0.717) is 0 Å². The first-order chi connectivity index (χ1) is 8.65. The van der Waals surface area contributed by atoms with E-state index in [1.807, 2.05) is 4.72 Å². The molecule has 6 nitrogen and oxygen atoms in total. The Balaban J connectivity index is 3.10. The molecule has 3 N–H and O–H groups in total. The van der Waals surface area contributed by atoms with Crippen LogP contribution < -0.4 is 4.72 Å². The molecular formula is C10H11Cl2NO5S. The number of aliphatic hydroxyl groups excluding tert-OH is 1. The van der Waals surface area contributed by atoms with Crippen molar-refractivity contribution in [1.82, 2.24) is 4.72 Å². The maximum absolute atomic E-state index is 11.9. The van der Waals surface area contributed by atoms with E-state index in [0.717, 1.165) is 13.0 Å². The van der Waals surface area contributed by atoms with Crippen molar-refractivity contribution in [2.45, 2.75) is 24.0 Å². The number of hydrogen-bond acceptors (Lipinski definition) is 4. The third kappa shape index (κ3) is 4.05. The number of hydrogen-bond donors (Lipinski definition) is 3. The quantitative estimate of drug-likeness (QED) is 0.751. The molecule has 19 heavy (non-hydrogen) atoms. The standard InChI is InChI=1S/C10H11Cl2NO5S/c1-5(14)9(10(15)16)13-19(17,18)6-2-3-7(11)8(12)4-6/h2-5,9,13-14H,1H3,(H,15,16)/t5-,9-/m0/s1. The smallest absolute Gasteiger partial charge is 0.324 e. The van der Waals surface area contributed by atoms with Gasteiger partial charge in [-0.15, -0.1) is 0 Å². The molecule has 0 aliphatic heterocycles. The monoisotopic (exact) mass is 327 g/mol. The highest BCUT2D eigenvalue weighted by Gasteiger charge is 2.29. The Kier molecular flexibility index (Phi) is 5.17. The van der Waals surface area contributed by atoms with Gasteiger partial charge in [0.2, 0.25) is 10.0 Å². The van der Waals surface area contributed by atoms with Crippen LogP contribution in [0.3, 0.4) is 0 Å². The van der Waals surface area contributed by atoms with Crippen molar-refractivity contribution in [3.8, 4) is 0 Å². The zero-order valence-electron chi connectivity index (χ0n) is 9.67. The molecular weight excluding hydrogens is 317 g/mol. The SMILES string of the molecule is C[C@H](O)[C@H](NS(=O)(=O)c1ccc(Cl)c(Cl)c1)C(=O)O. The summed E-state index contributed by atoms with van der Waals surface area (Å²) in [6.45, 7) is 1.16. The number of rotatable bonds is 5.